The number of thiocarbonyl (C=S) groups is 1. The van der Waals surface area contributed by atoms with E-state index in [1.807, 2.05) is 0 Å². The van der Waals surface area contributed by atoms with Crippen molar-refractivity contribution in [1.29, 1.82) is 0 Å². The van der Waals surface area contributed by atoms with Crippen LogP contribution < -0.4 is 14.8 Å². The number of halogens is 2. The molecule has 35 heavy (non-hydrogen) atoms. The molecule has 2 aromatic rings. The molecule has 0 atom stereocenters. The lowest BCUT2D eigenvalue weighted by Crippen LogP contribution is -2.30. The predicted octanol–water partition coefficient (Wildman–Crippen LogP) is 5.09. The van der Waals surface area contributed by atoms with Crippen molar-refractivity contribution in [1.82, 2.24) is 4.90 Å². The molecule has 2 amide bonds. The minimum absolute atomic E-state index is 0.0125. The summed E-state index contributed by atoms with van der Waals surface area (Å²) in [7, 11) is 0. The Balaban J connectivity index is 1.68. The van der Waals surface area contributed by atoms with Crippen LogP contribution in [-0.4, -0.2) is 51.9 Å². The minimum Gasteiger partial charge on any atom is -0.490 e. The fourth-order valence-corrected chi connectivity index (χ4v) is 4.57. The zero-order valence-corrected chi connectivity index (χ0v) is 21.5. The van der Waals surface area contributed by atoms with Crippen molar-refractivity contribution in [3.8, 4) is 11.5 Å². The molecule has 0 aliphatic carbocycles. The van der Waals surface area contributed by atoms with E-state index >= 15 is 0 Å². The van der Waals surface area contributed by atoms with Crippen LogP contribution in [0.3, 0.4) is 0 Å². The number of carboxylic acid groups (broad SMARTS) is 1. The van der Waals surface area contributed by atoms with E-state index in [4.69, 9.17) is 50.0 Å². The summed E-state index contributed by atoms with van der Waals surface area (Å²) in [4.78, 5) is 37.4. The van der Waals surface area contributed by atoms with Gasteiger partial charge in [0.1, 0.15) is 4.32 Å². The maximum absolute atomic E-state index is 12.6. The van der Waals surface area contributed by atoms with E-state index in [1.54, 1.807) is 43.3 Å². The highest BCUT2D eigenvalue weighted by Crippen LogP contribution is 2.35. The van der Waals surface area contributed by atoms with Gasteiger partial charge in [0.2, 0.25) is 0 Å². The number of benzene rings is 2. The standard InChI is InChI=1S/C23H20Cl2N2O6S2/c1-2-32-18-9-13(10-19-22(31)27(23(34)35-19)8-7-21(29)30)3-6-17(18)33-12-20(28)26-14-4-5-15(24)16(25)11-14/h3-6,9-11H,2,7-8,12H2,1H3,(H,26,28)(H,29,30)/b19-10-. The molecule has 0 aromatic heterocycles. The first-order valence-corrected chi connectivity index (χ1v) is 12.3. The number of anilines is 1. The van der Waals surface area contributed by atoms with Gasteiger partial charge in [-0.2, -0.15) is 0 Å². The van der Waals surface area contributed by atoms with Crippen LogP contribution in [0.4, 0.5) is 5.69 Å². The van der Waals surface area contributed by atoms with Crippen LogP contribution in [0.1, 0.15) is 18.9 Å². The lowest BCUT2D eigenvalue weighted by Gasteiger charge is -2.13. The van der Waals surface area contributed by atoms with E-state index in [0.717, 1.165) is 11.8 Å². The second-order valence-electron chi connectivity index (χ2n) is 7.08. The van der Waals surface area contributed by atoms with Crippen molar-refractivity contribution in [3.05, 3.63) is 56.9 Å². The van der Waals surface area contributed by atoms with Crippen LogP contribution in [0.5, 0.6) is 11.5 Å². The lowest BCUT2D eigenvalue weighted by molar-refractivity contribution is -0.137. The quantitative estimate of drug-likeness (QED) is 0.309. The Labute approximate surface area is 221 Å². The average Bonchev–Trinajstić information content (AvgIpc) is 3.06. The maximum atomic E-state index is 12.6. The monoisotopic (exact) mass is 554 g/mol. The fraction of sp³-hybridized carbons (Fsp3) is 0.217. The van der Waals surface area contributed by atoms with Gasteiger partial charge in [-0.1, -0.05) is 53.2 Å². The Hall–Kier alpha value is -2.79. The van der Waals surface area contributed by atoms with Gasteiger partial charge in [0, 0.05) is 12.2 Å². The number of carbonyl (C=O) groups excluding carboxylic acids is 2. The molecule has 1 aliphatic rings. The van der Waals surface area contributed by atoms with E-state index in [0.29, 0.717) is 48.6 Å². The number of hydrogen-bond donors (Lipinski definition) is 2. The number of nitrogens with one attached hydrogen (secondary N) is 1. The summed E-state index contributed by atoms with van der Waals surface area (Å²) < 4.78 is 11.6. The second kappa shape index (κ2) is 12.3. The zero-order chi connectivity index (χ0) is 25.5. The molecular weight excluding hydrogens is 535 g/mol. The van der Waals surface area contributed by atoms with Gasteiger partial charge in [-0.15, -0.1) is 0 Å². The maximum Gasteiger partial charge on any atom is 0.305 e. The van der Waals surface area contributed by atoms with E-state index in [9.17, 15) is 14.4 Å². The number of rotatable bonds is 10. The molecule has 0 radical (unpaired) electrons. The highest BCUT2D eigenvalue weighted by molar-refractivity contribution is 8.26. The van der Waals surface area contributed by atoms with Gasteiger partial charge in [-0.3, -0.25) is 19.3 Å². The lowest BCUT2D eigenvalue weighted by atomic mass is 10.2. The summed E-state index contributed by atoms with van der Waals surface area (Å²) in [6, 6.07) is 9.75. The van der Waals surface area contributed by atoms with Crippen molar-refractivity contribution in [2.45, 2.75) is 13.3 Å². The molecule has 12 heteroatoms. The van der Waals surface area contributed by atoms with Crippen LogP contribution in [0.15, 0.2) is 41.3 Å². The largest absolute Gasteiger partial charge is 0.490 e. The molecule has 184 valence electrons. The van der Waals surface area contributed by atoms with Crippen molar-refractivity contribution >= 4 is 81.0 Å². The van der Waals surface area contributed by atoms with E-state index < -0.39 is 11.9 Å². The first-order valence-electron chi connectivity index (χ1n) is 10.3. The number of hydrogen-bond acceptors (Lipinski definition) is 7. The van der Waals surface area contributed by atoms with Gasteiger partial charge in [-0.25, -0.2) is 0 Å². The summed E-state index contributed by atoms with van der Waals surface area (Å²) in [5, 5.41) is 12.2. The fourth-order valence-electron chi connectivity index (χ4n) is 2.97. The molecule has 8 nitrogen and oxygen atoms in total. The molecule has 0 spiro atoms. The Morgan fingerprint density at radius 2 is 1.91 bits per heavy atom. The van der Waals surface area contributed by atoms with E-state index in [-0.39, 0.29) is 25.5 Å². The summed E-state index contributed by atoms with van der Waals surface area (Å²) in [5.74, 6) is -1.02. The third-order valence-corrected chi connectivity index (χ3v) is 6.67. The van der Waals surface area contributed by atoms with E-state index in [1.165, 1.54) is 11.0 Å². The number of amides is 2. The Morgan fingerprint density at radius 3 is 2.60 bits per heavy atom. The molecule has 1 heterocycles. The smallest absolute Gasteiger partial charge is 0.305 e. The third-order valence-electron chi connectivity index (χ3n) is 4.55. The molecule has 1 aliphatic heterocycles. The van der Waals surface area contributed by atoms with E-state index in [2.05, 4.69) is 5.32 Å². The van der Waals surface area contributed by atoms with Crippen LogP contribution in [0, 0.1) is 0 Å². The molecular formula is C23H20Cl2N2O6S2. The van der Waals surface area contributed by atoms with Crippen molar-refractivity contribution in [2.24, 2.45) is 0 Å². The highest BCUT2D eigenvalue weighted by atomic mass is 35.5. The highest BCUT2D eigenvalue weighted by Gasteiger charge is 2.32. The molecule has 3 rings (SSSR count). The SMILES string of the molecule is CCOc1cc(/C=C2\SC(=S)N(CCC(=O)O)C2=O)ccc1OCC(=O)Nc1ccc(Cl)c(Cl)c1. The zero-order valence-electron chi connectivity index (χ0n) is 18.4. The van der Waals surface area contributed by atoms with Crippen molar-refractivity contribution < 1.29 is 29.0 Å². The Kier molecular flexibility index (Phi) is 9.39. The first-order chi connectivity index (χ1) is 16.7. The van der Waals surface area contributed by atoms with Crippen molar-refractivity contribution in [2.75, 3.05) is 25.1 Å². The van der Waals surface area contributed by atoms with Crippen LogP contribution in [-0.2, 0) is 14.4 Å². The Bertz CT molecular complexity index is 1200. The minimum atomic E-state index is -1.01. The molecule has 0 bridgehead atoms. The third kappa shape index (κ3) is 7.35. The molecule has 1 saturated heterocycles. The number of carbonyl (C=O) groups is 3. The van der Waals surface area contributed by atoms with Gasteiger partial charge >= 0.3 is 5.97 Å². The second-order valence-corrected chi connectivity index (χ2v) is 9.57. The summed E-state index contributed by atoms with van der Waals surface area (Å²) in [5.41, 5.74) is 1.13. The topological polar surface area (TPSA) is 105 Å². The molecule has 2 N–H and O–H groups in total. The summed E-state index contributed by atoms with van der Waals surface area (Å²) in [6.07, 6.45) is 1.45. The number of nitrogens with zero attached hydrogens (tertiary/aromatic N) is 1. The van der Waals surface area contributed by atoms with Gasteiger partial charge < -0.3 is 19.9 Å². The number of thioether (sulfide) groups is 1. The number of aliphatic carboxylic acids is 1. The molecule has 2 aromatic carbocycles. The van der Waals surface area contributed by atoms with Crippen molar-refractivity contribution in [3.63, 3.8) is 0 Å². The van der Waals surface area contributed by atoms with Gasteiger partial charge in [0.05, 0.1) is 28.0 Å². The van der Waals surface area contributed by atoms with Gasteiger partial charge in [0.15, 0.2) is 18.1 Å². The van der Waals surface area contributed by atoms with Gasteiger partial charge in [0.25, 0.3) is 11.8 Å². The average molecular weight is 555 g/mol. The molecule has 0 unspecified atom stereocenters. The molecule has 0 saturated carbocycles. The Morgan fingerprint density at radius 1 is 1.14 bits per heavy atom. The predicted molar refractivity (Wildman–Crippen MR) is 140 cm³/mol. The number of carboxylic acids is 1. The summed E-state index contributed by atoms with van der Waals surface area (Å²) >= 11 is 18.2. The van der Waals surface area contributed by atoms with Crippen LogP contribution in [0.25, 0.3) is 6.08 Å². The first kappa shape index (κ1) is 26.8. The van der Waals surface area contributed by atoms with Crippen LogP contribution in [0.2, 0.25) is 10.0 Å². The van der Waals surface area contributed by atoms with Crippen LogP contribution >= 0.6 is 47.2 Å². The van der Waals surface area contributed by atoms with Gasteiger partial charge in [-0.05, 0) is 48.9 Å². The summed E-state index contributed by atoms with van der Waals surface area (Å²) in [6.45, 7) is 1.90. The number of ether oxygens (including phenoxy) is 2. The molecule has 1 fully saturated rings. The normalized spacial score (nSPS) is 14.4.